The molecule has 0 saturated carbocycles. The molecule has 4 heteroatoms. The van der Waals surface area contributed by atoms with Crippen molar-refractivity contribution < 1.29 is 14.3 Å². The van der Waals surface area contributed by atoms with E-state index in [9.17, 15) is 4.79 Å². The molecule has 0 unspecified atom stereocenters. The van der Waals surface area contributed by atoms with Crippen LogP contribution < -0.4 is 10.1 Å². The number of nitrogens with one attached hydrogen (secondary N) is 1. The summed E-state index contributed by atoms with van der Waals surface area (Å²) in [5, 5.41) is 3.25. The first-order valence-corrected chi connectivity index (χ1v) is 5.81. The van der Waals surface area contributed by atoms with Crippen LogP contribution in [0.4, 0.5) is 0 Å². The largest absolute Gasteiger partial charge is 0.489 e. The predicted molar refractivity (Wildman–Crippen MR) is 64.1 cm³/mol. The summed E-state index contributed by atoms with van der Waals surface area (Å²) in [6.07, 6.45) is 1.62. The van der Waals surface area contributed by atoms with Crippen LogP contribution in [0.3, 0.4) is 0 Å². The zero-order valence-electron chi connectivity index (χ0n) is 9.94. The lowest BCUT2D eigenvalue weighted by molar-refractivity contribution is -0.139. The number of esters is 1. The van der Waals surface area contributed by atoms with Gasteiger partial charge < -0.3 is 14.8 Å². The quantitative estimate of drug-likeness (QED) is 0.795. The second-order valence-corrected chi connectivity index (χ2v) is 4.13. The third-order valence-electron chi connectivity index (χ3n) is 2.82. The smallest absolute Gasteiger partial charge is 0.309 e. The number of carbonyl (C=O) groups is 1. The van der Waals surface area contributed by atoms with Crippen LogP contribution in [0.2, 0.25) is 0 Å². The number of hydrogen-bond donors (Lipinski definition) is 1. The minimum absolute atomic E-state index is 0.223. The third-order valence-corrected chi connectivity index (χ3v) is 2.82. The molecular formula is C13H17NO3. The van der Waals surface area contributed by atoms with Crippen molar-refractivity contribution in [2.24, 2.45) is 0 Å². The molecule has 1 aromatic carbocycles. The molecule has 1 atom stereocenters. The molecule has 0 radical (unpaired) electrons. The molecular weight excluding hydrogens is 218 g/mol. The van der Waals surface area contributed by atoms with Gasteiger partial charge in [-0.2, -0.15) is 0 Å². The minimum atomic E-state index is -0.223. The molecule has 4 nitrogen and oxygen atoms in total. The van der Waals surface area contributed by atoms with Crippen LogP contribution in [-0.2, 0) is 16.0 Å². The van der Waals surface area contributed by atoms with Gasteiger partial charge in [0.25, 0.3) is 0 Å². The van der Waals surface area contributed by atoms with Crippen molar-refractivity contribution in [3.05, 3.63) is 29.8 Å². The fourth-order valence-corrected chi connectivity index (χ4v) is 1.85. The van der Waals surface area contributed by atoms with Gasteiger partial charge in [-0.3, -0.25) is 4.79 Å². The van der Waals surface area contributed by atoms with E-state index in [1.807, 2.05) is 24.3 Å². The Balaban J connectivity index is 1.90. The molecule has 1 aliphatic rings. The second kappa shape index (κ2) is 5.68. The van der Waals surface area contributed by atoms with Crippen molar-refractivity contribution in [1.82, 2.24) is 5.32 Å². The molecule has 0 aromatic heterocycles. The Morgan fingerprint density at radius 3 is 2.76 bits per heavy atom. The van der Waals surface area contributed by atoms with Crippen LogP contribution in [0.5, 0.6) is 5.75 Å². The molecule has 17 heavy (non-hydrogen) atoms. The summed E-state index contributed by atoms with van der Waals surface area (Å²) in [7, 11) is 1.40. The molecule has 1 fully saturated rings. The SMILES string of the molecule is COC(=O)Cc1ccc(O[C@@H]2CCNC2)cc1. The van der Waals surface area contributed by atoms with Crippen LogP contribution >= 0.6 is 0 Å². The summed E-state index contributed by atoms with van der Waals surface area (Å²) >= 11 is 0. The Morgan fingerprint density at radius 1 is 1.41 bits per heavy atom. The van der Waals surface area contributed by atoms with Crippen molar-refractivity contribution in [3.8, 4) is 5.75 Å². The van der Waals surface area contributed by atoms with Gasteiger partial charge in [-0.1, -0.05) is 12.1 Å². The highest BCUT2D eigenvalue weighted by molar-refractivity contribution is 5.72. The van der Waals surface area contributed by atoms with E-state index in [-0.39, 0.29) is 12.1 Å². The van der Waals surface area contributed by atoms with Crippen LogP contribution in [0.25, 0.3) is 0 Å². The third kappa shape index (κ3) is 3.46. The van der Waals surface area contributed by atoms with Gasteiger partial charge in [-0.15, -0.1) is 0 Å². The second-order valence-electron chi connectivity index (χ2n) is 4.13. The van der Waals surface area contributed by atoms with Crippen LogP contribution in [-0.4, -0.2) is 32.3 Å². The highest BCUT2D eigenvalue weighted by Gasteiger charge is 2.15. The lowest BCUT2D eigenvalue weighted by Crippen LogP contribution is -2.19. The Labute approximate surface area is 101 Å². The molecule has 1 saturated heterocycles. The summed E-state index contributed by atoms with van der Waals surface area (Å²) in [5.41, 5.74) is 0.939. The van der Waals surface area contributed by atoms with Gasteiger partial charge in [0.1, 0.15) is 11.9 Å². The minimum Gasteiger partial charge on any atom is -0.489 e. The molecule has 0 bridgehead atoms. The standard InChI is InChI=1S/C13H17NO3/c1-16-13(15)8-10-2-4-11(5-3-10)17-12-6-7-14-9-12/h2-5,12,14H,6-9H2,1H3/t12-/m1/s1. The number of rotatable bonds is 4. The number of methoxy groups -OCH3 is 1. The average molecular weight is 235 g/mol. The molecule has 1 heterocycles. The number of benzene rings is 1. The molecule has 0 spiro atoms. The van der Waals surface area contributed by atoms with E-state index in [0.29, 0.717) is 6.42 Å². The summed E-state index contributed by atoms with van der Waals surface area (Å²) in [6, 6.07) is 7.59. The summed E-state index contributed by atoms with van der Waals surface area (Å²) in [4.78, 5) is 11.1. The Hall–Kier alpha value is -1.55. The van der Waals surface area contributed by atoms with Gasteiger partial charge in [0.05, 0.1) is 13.5 Å². The van der Waals surface area contributed by atoms with Gasteiger partial charge in [0.2, 0.25) is 0 Å². The highest BCUT2D eigenvalue weighted by Crippen LogP contribution is 2.16. The van der Waals surface area contributed by atoms with Crippen molar-refractivity contribution >= 4 is 5.97 Å². The predicted octanol–water partition coefficient (Wildman–Crippen LogP) is 1.14. The fourth-order valence-electron chi connectivity index (χ4n) is 1.85. The highest BCUT2D eigenvalue weighted by atomic mass is 16.5. The fraction of sp³-hybridized carbons (Fsp3) is 0.462. The first-order chi connectivity index (χ1) is 8.28. The van der Waals surface area contributed by atoms with E-state index in [1.54, 1.807) is 0 Å². The Kier molecular flexibility index (Phi) is 3.98. The van der Waals surface area contributed by atoms with E-state index in [4.69, 9.17) is 4.74 Å². The average Bonchev–Trinajstić information content (AvgIpc) is 2.84. The van der Waals surface area contributed by atoms with Crippen LogP contribution in [0, 0.1) is 0 Å². The van der Waals surface area contributed by atoms with Crippen molar-refractivity contribution in [3.63, 3.8) is 0 Å². The first-order valence-electron chi connectivity index (χ1n) is 5.81. The van der Waals surface area contributed by atoms with E-state index in [2.05, 4.69) is 10.1 Å². The van der Waals surface area contributed by atoms with E-state index in [0.717, 1.165) is 30.8 Å². The van der Waals surface area contributed by atoms with E-state index < -0.39 is 0 Å². The first kappa shape index (κ1) is 11.9. The number of ether oxygens (including phenoxy) is 2. The molecule has 1 N–H and O–H groups in total. The molecule has 1 aromatic rings. The number of hydrogen-bond acceptors (Lipinski definition) is 4. The summed E-state index contributed by atoms with van der Waals surface area (Å²) < 4.78 is 10.4. The Morgan fingerprint density at radius 2 is 2.18 bits per heavy atom. The number of carbonyl (C=O) groups excluding carboxylic acids is 1. The van der Waals surface area contributed by atoms with Crippen molar-refractivity contribution in [2.45, 2.75) is 18.9 Å². The van der Waals surface area contributed by atoms with Gasteiger partial charge in [0.15, 0.2) is 0 Å². The zero-order chi connectivity index (χ0) is 12.1. The van der Waals surface area contributed by atoms with E-state index in [1.165, 1.54) is 7.11 Å². The lowest BCUT2D eigenvalue weighted by Gasteiger charge is -2.12. The van der Waals surface area contributed by atoms with Crippen LogP contribution in [0.1, 0.15) is 12.0 Å². The summed E-state index contributed by atoms with van der Waals surface area (Å²) in [5.74, 6) is 0.631. The maximum absolute atomic E-state index is 11.1. The molecule has 92 valence electrons. The molecule has 0 amide bonds. The topological polar surface area (TPSA) is 47.6 Å². The van der Waals surface area contributed by atoms with Gasteiger partial charge in [-0.25, -0.2) is 0 Å². The maximum atomic E-state index is 11.1. The Bertz CT molecular complexity index is 369. The monoisotopic (exact) mass is 235 g/mol. The van der Waals surface area contributed by atoms with E-state index >= 15 is 0 Å². The van der Waals surface area contributed by atoms with Gasteiger partial charge in [-0.05, 0) is 30.7 Å². The van der Waals surface area contributed by atoms with Crippen LogP contribution in [0.15, 0.2) is 24.3 Å². The zero-order valence-corrected chi connectivity index (χ0v) is 9.94. The molecule has 2 rings (SSSR count). The normalized spacial score (nSPS) is 19.0. The van der Waals surface area contributed by atoms with Crippen molar-refractivity contribution in [2.75, 3.05) is 20.2 Å². The molecule has 0 aliphatic carbocycles. The van der Waals surface area contributed by atoms with Crippen molar-refractivity contribution in [1.29, 1.82) is 0 Å². The maximum Gasteiger partial charge on any atom is 0.309 e. The van der Waals surface area contributed by atoms with Gasteiger partial charge >= 0.3 is 5.97 Å². The lowest BCUT2D eigenvalue weighted by atomic mass is 10.1. The summed E-state index contributed by atoms with van der Waals surface area (Å²) in [6.45, 7) is 1.93. The van der Waals surface area contributed by atoms with Gasteiger partial charge in [0, 0.05) is 6.54 Å². The molecule has 1 aliphatic heterocycles.